The van der Waals surface area contributed by atoms with Gasteiger partial charge < -0.3 is 0 Å². The Morgan fingerprint density at radius 1 is 1.25 bits per heavy atom. The van der Waals surface area contributed by atoms with Crippen LogP contribution in [0.5, 0.6) is 0 Å². The van der Waals surface area contributed by atoms with Crippen molar-refractivity contribution in [3.8, 4) is 0 Å². The van der Waals surface area contributed by atoms with Crippen LogP contribution in [0, 0.1) is 0 Å². The molecule has 1 aliphatic carbocycles. The van der Waals surface area contributed by atoms with Gasteiger partial charge in [0.2, 0.25) is 0 Å². The van der Waals surface area contributed by atoms with Gasteiger partial charge in [0, 0.05) is 0 Å². The zero-order valence-electron chi connectivity index (χ0n) is 13.4. The molecule has 114 valence electrons. The van der Waals surface area contributed by atoms with Crippen molar-refractivity contribution in [2.75, 3.05) is 0 Å². The van der Waals surface area contributed by atoms with Gasteiger partial charge in [0.1, 0.15) is 0 Å². The van der Waals surface area contributed by atoms with Gasteiger partial charge in [0.05, 0.1) is 0 Å². The zero-order valence-corrected chi connectivity index (χ0v) is 13.4. The molecule has 1 unspecified atom stereocenters. The number of rotatable bonds is 4. The molecule has 0 aromatic heterocycles. The SMILES string of the molecule is C.CC.CCC/C=C(\CC)c1ccc2c(c1)CCC2C. The quantitative estimate of drug-likeness (QED) is 0.555. The molecule has 0 N–H and O–H groups in total. The maximum Gasteiger partial charge on any atom is -0.0184 e. The van der Waals surface area contributed by atoms with E-state index in [-0.39, 0.29) is 7.43 Å². The van der Waals surface area contributed by atoms with Crippen LogP contribution in [0.25, 0.3) is 5.57 Å². The van der Waals surface area contributed by atoms with Gasteiger partial charge in [0.15, 0.2) is 0 Å². The normalized spacial score (nSPS) is 16.9. The summed E-state index contributed by atoms with van der Waals surface area (Å²) in [6.45, 7) is 10.9. The fourth-order valence-electron chi connectivity index (χ4n) is 2.82. The first-order chi connectivity index (χ1) is 9.26. The summed E-state index contributed by atoms with van der Waals surface area (Å²) in [6, 6.07) is 7.12. The van der Waals surface area contributed by atoms with E-state index in [9.17, 15) is 0 Å². The summed E-state index contributed by atoms with van der Waals surface area (Å²) >= 11 is 0. The monoisotopic (exact) mass is 274 g/mol. The van der Waals surface area contributed by atoms with E-state index in [1.807, 2.05) is 13.8 Å². The summed E-state index contributed by atoms with van der Waals surface area (Å²) in [4.78, 5) is 0. The number of benzene rings is 1. The van der Waals surface area contributed by atoms with E-state index >= 15 is 0 Å². The van der Waals surface area contributed by atoms with Gasteiger partial charge in [-0.2, -0.15) is 0 Å². The first-order valence-corrected chi connectivity index (χ1v) is 8.08. The van der Waals surface area contributed by atoms with Crippen molar-refractivity contribution in [2.45, 2.75) is 80.1 Å². The third-order valence-electron chi connectivity index (χ3n) is 3.95. The minimum atomic E-state index is 0. The molecule has 0 nitrogen and oxygen atoms in total. The maximum atomic E-state index is 2.43. The van der Waals surface area contributed by atoms with Crippen LogP contribution in [-0.4, -0.2) is 0 Å². The number of hydrogen-bond acceptors (Lipinski definition) is 0. The number of aryl methyl sites for hydroxylation is 1. The van der Waals surface area contributed by atoms with E-state index in [2.05, 4.69) is 45.0 Å². The molecular weight excluding hydrogens is 240 g/mol. The molecular formula is C20H34. The van der Waals surface area contributed by atoms with Crippen LogP contribution in [0.2, 0.25) is 0 Å². The lowest BCUT2D eigenvalue weighted by Crippen LogP contribution is -1.90. The molecule has 1 aliphatic rings. The van der Waals surface area contributed by atoms with Crippen LogP contribution in [0.4, 0.5) is 0 Å². The zero-order chi connectivity index (χ0) is 14.3. The lowest BCUT2D eigenvalue weighted by molar-refractivity contribution is 0.747. The van der Waals surface area contributed by atoms with Crippen molar-refractivity contribution in [1.29, 1.82) is 0 Å². The molecule has 0 radical (unpaired) electrons. The van der Waals surface area contributed by atoms with Crippen LogP contribution in [0.1, 0.15) is 90.3 Å². The average molecular weight is 274 g/mol. The first-order valence-electron chi connectivity index (χ1n) is 8.08. The van der Waals surface area contributed by atoms with E-state index in [1.165, 1.54) is 36.8 Å². The fourth-order valence-corrected chi connectivity index (χ4v) is 2.82. The minimum Gasteiger partial charge on any atom is -0.0807 e. The highest BCUT2D eigenvalue weighted by atomic mass is 14.2. The van der Waals surface area contributed by atoms with Crippen LogP contribution >= 0.6 is 0 Å². The van der Waals surface area contributed by atoms with Crippen molar-refractivity contribution in [1.82, 2.24) is 0 Å². The Morgan fingerprint density at radius 3 is 2.55 bits per heavy atom. The molecule has 0 heteroatoms. The standard InChI is InChI=1S/C17H24.C2H6.CH4/c1-4-6-7-14(5-2)15-10-11-17-13(3)8-9-16(17)12-15;1-2;/h7,10-13H,4-6,8-9H2,1-3H3;1-2H3;1H4/b14-7+;;. The van der Waals surface area contributed by atoms with Crippen molar-refractivity contribution in [3.05, 3.63) is 41.0 Å². The summed E-state index contributed by atoms with van der Waals surface area (Å²) < 4.78 is 0. The molecule has 1 atom stereocenters. The van der Waals surface area contributed by atoms with E-state index < -0.39 is 0 Å². The topological polar surface area (TPSA) is 0 Å². The van der Waals surface area contributed by atoms with Crippen molar-refractivity contribution in [2.24, 2.45) is 0 Å². The smallest absolute Gasteiger partial charge is 0.0184 e. The Balaban J connectivity index is 0.00000115. The molecule has 0 spiro atoms. The molecule has 0 amide bonds. The van der Waals surface area contributed by atoms with E-state index in [1.54, 1.807) is 11.1 Å². The fraction of sp³-hybridized carbons (Fsp3) is 0.600. The highest BCUT2D eigenvalue weighted by Crippen LogP contribution is 2.34. The van der Waals surface area contributed by atoms with Gasteiger partial charge >= 0.3 is 0 Å². The largest absolute Gasteiger partial charge is 0.0807 e. The molecule has 2 rings (SSSR count). The first kappa shape index (κ1) is 19.0. The summed E-state index contributed by atoms with van der Waals surface area (Å²) in [5, 5.41) is 0. The highest BCUT2D eigenvalue weighted by molar-refractivity contribution is 5.66. The Bertz CT molecular complexity index is 412. The summed E-state index contributed by atoms with van der Waals surface area (Å²) in [6.07, 6.45) is 8.62. The van der Waals surface area contributed by atoms with Gasteiger partial charge in [0.25, 0.3) is 0 Å². The van der Waals surface area contributed by atoms with Crippen LogP contribution in [-0.2, 0) is 6.42 Å². The highest BCUT2D eigenvalue weighted by Gasteiger charge is 2.18. The van der Waals surface area contributed by atoms with Gasteiger partial charge in [-0.1, -0.05) is 72.7 Å². The number of hydrogen-bond donors (Lipinski definition) is 0. The molecule has 0 saturated carbocycles. The minimum absolute atomic E-state index is 0. The van der Waals surface area contributed by atoms with Crippen LogP contribution in [0.15, 0.2) is 24.3 Å². The van der Waals surface area contributed by atoms with E-state index in [0.717, 1.165) is 12.3 Å². The van der Waals surface area contributed by atoms with E-state index in [0.29, 0.717) is 0 Å². The van der Waals surface area contributed by atoms with Gasteiger partial charge in [-0.15, -0.1) is 0 Å². The molecule has 0 fully saturated rings. The third-order valence-corrected chi connectivity index (χ3v) is 3.95. The molecule has 0 saturated heterocycles. The third kappa shape index (κ3) is 4.51. The molecule has 0 bridgehead atoms. The maximum absolute atomic E-state index is 2.43. The van der Waals surface area contributed by atoms with Crippen molar-refractivity contribution < 1.29 is 0 Å². The second-order valence-corrected chi connectivity index (χ2v) is 5.22. The van der Waals surface area contributed by atoms with Gasteiger partial charge in [-0.3, -0.25) is 0 Å². The van der Waals surface area contributed by atoms with Crippen LogP contribution in [0.3, 0.4) is 0 Å². The van der Waals surface area contributed by atoms with Crippen molar-refractivity contribution >= 4 is 5.57 Å². The number of allylic oxidation sites excluding steroid dienone is 2. The summed E-state index contributed by atoms with van der Waals surface area (Å²) in [7, 11) is 0. The number of fused-ring (bicyclic) bond motifs is 1. The average Bonchev–Trinajstić information content (AvgIpc) is 2.83. The Kier molecular flexibility index (Phi) is 9.29. The van der Waals surface area contributed by atoms with Crippen molar-refractivity contribution in [3.63, 3.8) is 0 Å². The second kappa shape index (κ2) is 9.80. The Hall–Kier alpha value is -1.04. The molecule has 1 aromatic rings. The molecule has 0 aliphatic heterocycles. The van der Waals surface area contributed by atoms with E-state index in [4.69, 9.17) is 0 Å². The second-order valence-electron chi connectivity index (χ2n) is 5.22. The molecule has 0 heterocycles. The van der Waals surface area contributed by atoms with Crippen LogP contribution < -0.4 is 0 Å². The Morgan fingerprint density at radius 2 is 1.95 bits per heavy atom. The van der Waals surface area contributed by atoms with Gasteiger partial charge in [-0.25, -0.2) is 0 Å². The number of unbranched alkanes of at least 4 members (excludes halogenated alkanes) is 1. The Labute approximate surface area is 127 Å². The predicted octanol–water partition coefficient (Wildman–Crippen LogP) is 6.99. The van der Waals surface area contributed by atoms with Gasteiger partial charge in [-0.05, 0) is 53.9 Å². The lowest BCUT2D eigenvalue weighted by atomic mass is 9.96. The molecule has 1 aromatic carbocycles. The molecule has 20 heavy (non-hydrogen) atoms. The lowest BCUT2D eigenvalue weighted by Gasteiger charge is -2.09. The summed E-state index contributed by atoms with van der Waals surface area (Å²) in [5.74, 6) is 0.767. The summed E-state index contributed by atoms with van der Waals surface area (Å²) in [5.41, 5.74) is 6.15. The predicted molar refractivity (Wildman–Crippen MR) is 94.4 cm³/mol.